The monoisotopic (exact) mass is 390 g/mol. The second-order valence-corrected chi connectivity index (χ2v) is 7.72. The van der Waals surface area contributed by atoms with Gasteiger partial charge in [-0.3, -0.25) is 19.3 Å². The summed E-state index contributed by atoms with van der Waals surface area (Å²) in [5.41, 5.74) is 0.819. The number of carbonyl (C=O) groups excluding carboxylic acids is 3. The summed E-state index contributed by atoms with van der Waals surface area (Å²) in [4.78, 5) is 43.5. The third-order valence-electron chi connectivity index (χ3n) is 4.78. The molecule has 1 aromatic carbocycles. The topological polar surface area (TPSA) is 73.0 Å². The van der Waals surface area contributed by atoms with E-state index in [-0.39, 0.29) is 24.3 Å². The summed E-state index contributed by atoms with van der Waals surface area (Å²) >= 11 is 1.52. The Kier molecular flexibility index (Phi) is 6.73. The maximum absolute atomic E-state index is 12.8. The largest absolute Gasteiger partial charge is 0.355 e. The standard InChI is InChI=1S/C19H26N4O3S/c1-2-20-17(24)12-21-8-5-9-22(11-10-21)18(25)13-23-15-6-3-4-7-16(15)27-14-19(23)26/h3-4,6-7H,2,5,8-14H2,1H3,(H,20,24). The molecule has 0 bridgehead atoms. The van der Waals surface area contributed by atoms with E-state index in [0.29, 0.717) is 38.5 Å². The molecule has 2 aliphatic heterocycles. The van der Waals surface area contributed by atoms with Crippen LogP contribution in [0.15, 0.2) is 29.2 Å². The van der Waals surface area contributed by atoms with Crippen LogP contribution in [0.5, 0.6) is 0 Å². The summed E-state index contributed by atoms with van der Waals surface area (Å²) in [5, 5.41) is 2.81. The summed E-state index contributed by atoms with van der Waals surface area (Å²) in [6.45, 7) is 5.67. The van der Waals surface area contributed by atoms with Crippen molar-refractivity contribution in [3.63, 3.8) is 0 Å². The Labute approximate surface area is 164 Å². The van der Waals surface area contributed by atoms with Crippen LogP contribution in [-0.2, 0) is 14.4 Å². The minimum absolute atomic E-state index is 0.0188. The number of para-hydroxylation sites is 1. The minimum atomic E-state index is -0.0371. The van der Waals surface area contributed by atoms with Crippen LogP contribution in [-0.4, -0.2) is 79.1 Å². The number of nitrogens with one attached hydrogen (secondary N) is 1. The Bertz CT molecular complexity index is 712. The third kappa shape index (κ3) is 5.01. The normalized spacial score (nSPS) is 18.0. The van der Waals surface area contributed by atoms with E-state index in [9.17, 15) is 14.4 Å². The molecule has 0 atom stereocenters. The Morgan fingerprint density at radius 1 is 1.11 bits per heavy atom. The van der Waals surface area contributed by atoms with E-state index in [4.69, 9.17) is 0 Å². The van der Waals surface area contributed by atoms with E-state index in [1.165, 1.54) is 11.8 Å². The first-order chi connectivity index (χ1) is 13.1. The molecule has 0 saturated carbocycles. The second-order valence-electron chi connectivity index (χ2n) is 6.70. The SMILES string of the molecule is CCNC(=O)CN1CCCN(C(=O)CN2C(=O)CSc3ccccc32)CC1. The number of thioether (sulfide) groups is 1. The number of anilines is 1. The van der Waals surface area contributed by atoms with E-state index in [2.05, 4.69) is 10.2 Å². The van der Waals surface area contributed by atoms with Gasteiger partial charge in [0.25, 0.3) is 0 Å². The van der Waals surface area contributed by atoms with Crippen molar-refractivity contribution in [2.45, 2.75) is 18.2 Å². The van der Waals surface area contributed by atoms with Crippen molar-refractivity contribution in [3.8, 4) is 0 Å². The van der Waals surface area contributed by atoms with Crippen LogP contribution in [0.25, 0.3) is 0 Å². The lowest BCUT2D eigenvalue weighted by Crippen LogP contribution is -2.46. The fourth-order valence-corrected chi connectivity index (χ4v) is 4.33. The second kappa shape index (κ2) is 9.23. The van der Waals surface area contributed by atoms with E-state index in [1.54, 1.807) is 4.90 Å². The Morgan fingerprint density at radius 2 is 1.93 bits per heavy atom. The molecule has 0 aliphatic carbocycles. The van der Waals surface area contributed by atoms with Crippen LogP contribution in [0.1, 0.15) is 13.3 Å². The number of amides is 3. The van der Waals surface area contributed by atoms with Crippen molar-refractivity contribution < 1.29 is 14.4 Å². The molecule has 1 saturated heterocycles. The van der Waals surface area contributed by atoms with E-state index < -0.39 is 0 Å². The van der Waals surface area contributed by atoms with Crippen LogP contribution in [0.3, 0.4) is 0 Å². The van der Waals surface area contributed by atoms with Gasteiger partial charge in [0.05, 0.1) is 18.0 Å². The summed E-state index contributed by atoms with van der Waals surface area (Å²) in [6, 6.07) is 7.71. The van der Waals surface area contributed by atoms with Crippen molar-refractivity contribution in [1.29, 1.82) is 0 Å². The van der Waals surface area contributed by atoms with Crippen molar-refractivity contribution in [2.75, 3.05) is 56.5 Å². The molecule has 146 valence electrons. The fourth-order valence-electron chi connectivity index (χ4n) is 3.40. The first kappa shape index (κ1) is 19.7. The molecule has 27 heavy (non-hydrogen) atoms. The first-order valence-electron chi connectivity index (χ1n) is 9.37. The predicted octanol–water partition coefficient (Wildman–Crippen LogP) is 0.796. The number of fused-ring (bicyclic) bond motifs is 1. The molecular weight excluding hydrogens is 364 g/mol. The number of benzene rings is 1. The fraction of sp³-hybridized carbons (Fsp3) is 0.526. The Hall–Kier alpha value is -2.06. The zero-order chi connectivity index (χ0) is 19.2. The number of carbonyl (C=O) groups is 3. The van der Waals surface area contributed by atoms with Gasteiger partial charge in [-0.2, -0.15) is 0 Å². The first-order valence-corrected chi connectivity index (χ1v) is 10.4. The summed E-state index contributed by atoms with van der Waals surface area (Å²) in [5.74, 6) is 0.319. The van der Waals surface area contributed by atoms with Gasteiger partial charge in [0.2, 0.25) is 17.7 Å². The molecule has 1 aromatic rings. The van der Waals surface area contributed by atoms with Crippen LogP contribution in [0.2, 0.25) is 0 Å². The molecule has 2 heterocycles. The van der Waals surface area contributed by atoms with E-state index >= 15 is 0 Å². The minimum Gasteiger partial charge on any atom is -0.355 e. The summed E-state index contributed by atoms with van der Waals surface area (Å²) in [6.07, 6.45) is 0.825. The number of nitrogens with zero attached hydrogens (tertiary/aromatic N) is 3. The highest BCUT2D eigenvalue weighted by Crippen LogP contribution is 2.34. The highest BCUT2D eigenvalue weighted by atomic mass is 32.2. The lowest BCUT2D eigenvalue weighted by atomic mass is 10.2. The van der Waals surface area contributed by atoms with Crippen molar-refractivity contribution in [1.82, 2.24) is 15.1 Å². The molecule has 1 N–H and O–H groups in total. The van der Waals surface area contributed by atoms with Gasteiger partial charge in [0.1, 0.15) is 6.54 Å². The number of rotatable bonds is 5. The molecule has 0 unspecified atom stereocenters. The van der Waals surface area contributed by atoms with E-state index in [0.717, 1.165) is 23.5 Å². The molecule has 1 fully saturated rings. The third-order valence-corrected chi connectivity index (χ3v) is 5.83. The maximum Gasteiger partial charge on any atom is 0.242 e. The maximum atomic E-state index is 12.8. The molecule has 0 spiro atoms. The zero-order valence-corrected chi connectivity index (χ0v) is 16.5. The Morgan fingerprint density at radius 3 is 2.74 bits per heavy atom. The van der Waals surface area contributed by atoms with Gasteiger partial charge in [-0.15, -0.1) is 11.8 Å². The number of likely N-dealkylation sites (N-methyl/N-ethyl adjacent to an activating group) is 1. The van der Waals surface area contributed by atoms with Crippen molar-refractivity contribution in [2.24, 2.45) is 0 Å². The van der Waals surface area contributed by atoms with Crippen LogP contribution in [0, 0.1) is 0 Å². The molecule has 2 aliphatic rings. The van der Waals surface area contributed by atoms with E-state index in [1.807, 2.05) is 36.1 Å². The Balaban J connectivity index is 1.59. The molecular formula is C19H26N4O3S. The van der Waals surface area contributed by atoms with Crippen LogP contribution < -0.4 is 10.2 Å². The zero-order valence-electron chi connectivity index (χ0n) is 15.6. The summed E-state index contributed by atoms with van der Waals surface area (Å²) in [7, 11) is 0. The van der Waals surface area contributed by atoms with Gasteiger partial charge < -0.3 is 15.1 Å². The van der Waals surface area contributed by atoms with Crippen molar-refractivity contribution >= 4 is 35.2 Å². The van der Waals surface area contributed by atoms with Crippen LogP contribution >= 0.6 is 11.8 Å². The molecule has 0 aromatic heterocycles. The predicted molar refractivity (Wildman–Crippen MR) is 106 cm³/mol. The van der Waals surface area contributed by atoms with Gasteiger partial charge in [-0.25, -0.2) is 0 Å². The van der Waals surface area contributed by atoms with Gasteiger partial charge in [-0.1, -0.05) is 12.1 Å². The quantitative estimate of drug-likeness (QED) is 0.805. The van der Waals surface area contributed by atoms with Gasteiger partial charge >= 0.3 is 0 Å². The molecule has 0 radical (unpaired) electrons. The van der Waals surface area contributed by atoms with Gasteiger partial charge in [0.15, 0.2) is 0 Å². The lowest BCUT2D eigenvalue weighted by molar-refractivity contribution is -0.131. The highest BCUT2D eigenvalue weighted by molar-refractivity contribution is 8.00. The number of hydrogen-bond donors (Lipinski definition) is 1. The average molecular weight is 391 g/mol. The highest BCUT2D eigenvalue weighted by Gasteiger charge is 2.28. The summed E-state index contributed by atoms with van der Waals surface area (Å²) < 4.78 is 0. The molecule has 8 heteroatoms. The average Bonchev–Trinajstić information content (AvgIpc) is 2.90. The van der Waals surface area contributed by atoms with Gasteiger partial charge in [-0.05, 0) is 25.5 Å². The smallest absolute Gasteiger partial charge is 0.242 e. The molecule has 3 rings (SSSR count). The van der Waals surface area contributed by atoms with Gasteiger partial charge in [0, 0.05) is 37.6 Å². The van der Waals surface area contributed by atoms with Crippen molar-refractivity contribution in [3.05, 3.63) is 24.3 Å². The number of hydrogen-bond acceptors (Lipinski definition) is 5. The molecule has 3 amide bonds. The molecule has 7 nitrogen and oxygen atoms in total. The van der Waals surface area contributed by atoms with Crippen LogP contribution in [0.4, 0.5) is 5.69 Å². The lowest BCUT2D eigenvalue weighted by Gasteiger charge is -2.30.